The molecule has 1 N–H and O–H groups in total. The molecule has 0 radical (unpaired) electrons. The van der Waals surface area contributed by atoms with Crippen molar-refractivity contribution < 1.29 is 4.39 Å². The lowest BCUT2D eigenvalue weighted by Crippen LogP contribution is -2.27. The molecular formula is C15H25FN4. The predicted molar refractivity (Wildman–Crippen MR) is 80.6 cm³/mol. The van der Waals surface area contributed by atoms with E-state index < -0.39 is 0 Å². The minimum absolute atomic E-state index is 0.318. The highest BCUT2D eigenvalue weighted by molar-refractivity contribution is 5.44. The van der Waals surface area contributed by atoms with Gasteiger partial charge in [0.15, 0.2) is 11.6 Å². The van der Waals surface area contributed by atoms with Crippen molar-refractivity contribution in [2.24, 2.45) is 5.92 Å². The highest BCUT2D eigenvalue weighted by Crippen LogP contribution is 2.25. The zero-order valence-electron chi connectivity index (χ0n) is 12.5. The fourth-order valence-electron chi connectivity index (χ4n) is 2.69. The van der Waals surface area contributed by atoms with Crippen LogP contribution in [0.3, 0.4) is 0 Å². The molecule has 2 heterocycles. The molecule has 1 atom stereocenters. The molecule has 0 amide bonds. The highest BCUT2D eigenvalue weighted by Gasteiger charge is 2.20. The molecule has 1 aliphatic heterocycles. The predicted octanol–water partition coefficient (Wildman–Crippen LogP) is 3.45. The lowest BCUT2D eigenvalue weighted by atomic mass is 9.98. The van der Waals surface area contributed by atoms with Crippen LogP contribution < -0.4 is 10.2 Å². The molecule has 112 valence electrons. The smallest absolute Gasteiger partial charge is 0.224 e. The van der Waals surface area contributed by atoms with Gasteiger partial charge in [0, 0.05) is 19.6 Å². The van der Waals surface area contributed by atoms with E-state index in [0.717, 1.165) is 44.8 Å². The summed E-state index contributed by atoms with van der Waals surface area (Å²) in [7, 11) is 0. The largest absolute Gasteiger partial charge is 0.354 e. The van der Waals surface area contributed by atoms with E-state index in [1.165, 1.54) is 19.0 Å². The van der Waals surface area contributed by atoms with E-state index in [1.807, 2.05) is 0 Å². The third-order valence-electron chi connectivity index (χ3n) is 3.98. The molecule has 5 heteroatoms. The van der Waals surface area contributed by atoms with E-state index in [2.05, 4.69) is 34.0 Å². The summed E-state index contributed by atoms with van der Waals surface area (Å²) in [4.78, 5) is 10.4. The first kappa shape index (κ1) is 15.0. The lowest BCUT2D eigenvalue weighted by Gasteiger charge is -2.22. The summed E-state index contributed by atoms with van der Waals surface area (Å²) < 4.78 is 14.0. The zero-order valence-corrected chi connectivity index (χ0v) is 12.5. The Balaban J connectivity index is 2.10. The molecule has 0 spiro atoms. The second-order valence-electron chi connectivity index (χ2n) is 5.48. The number of anilines is 2. The van der Waals surface area contributed by atoms with Gasteiger partial charge in [0.2, 0.25) is 5.95 Å². The second-order valence-corrected chi connectivity index (χ2v) is 5.48. The van der Waals surface area contributed by atoms with E-state index >= 15 is 0 Å². The number of hydrogen-bond acceptors (Lipinski definition) is 4. The Morgan fingerprint density at radius 1 is 1.35 bits per heavy atom. The van der Waals surface area contributed by atoms with E-state index in [0.29, 0.717) is 11.8 Å². The summed E-state index contributed by atoms with van der Waals surface area (Å²) in [6, 6.07) is 0. The van der Waals surface area contributed by atoms with Crippen molar-refractivity contribution in [3.05, 3.63) is 12.0 Å². The Labute approximate surface area is 120 Å². The Morgan fingerprint density at radius 3 is 2.95 bits per heavy atom. The molecule has 1 unspecified atom stereocenters. The first-order chi connectivity index (χ1) is 9.74. The molecule has 0 saturated carbocycles. The van der Waals surface area contributed by atoms with Gasteiger partial charge in [0.05, 0.1) is 6.20 Å². The Hall–Kier alpha value is -1.39. The van der Waals surface area contributed by atoms with Gasteiger partial charge in [0.1, 0.15) is 0 Å². The zero-order chi connectivity index (χ0) is 14.4. The second kappa shape index (κ2) is 7.41. The van der Waals surface area contributed by atoms with Crippen molar-refractivity contribution in [3.63, 3.8) is 0 Å². The van der Waals surface area contributed by atoms with Crippen LogP contribution in [0.15, 0.2) is 6.20 Å². The standard InChI is InChI=1S/C15H25FN4/c1-3-8-17-15-18-11-13(16)14(19-15)20-9-5-6-12(4-2)7-10-20/h11-12H,3-10H2,1-2H3,(H,17,18,19). The average molecular weight is 280 g/mol. The molecule has 0 aliphatic carbocycles. The van der Waals surface area contributed by atoms with Gasteiger partial charge in [-0.15, -0.1) is 0 Å². The van der Waals surface area contributed by atoms with Crippen LogP contribution >= 0.6 is 0 Å². The molecule has 1 aromatic heterocycles. The number of aromatic nitrogens is 2. The number of hydrogen-bond donors (Lipinski definition) is 1. The van der Waals surface area contributed by atoms with Crippen molar-refractivity contribution in [1.29, 1.82) is 0 Å². The Kier molecular flexibility index (Phi) is 5.56. The number of nitrogens with zero attached hydrogens (tertiary/aromatic N) is 3. The summed E-state index contributed by atoms with van der Waals surface area (Å²) in [6.07, 6.45) is 6.96. The van der Waals surface area contributed by atoms with Gasteiger partial charge in [-0.25, -0.2) is 9.37 Å². The maximum atomic E-state index is 14.0. The summed E-state index contributed by atoms with van der Waals surface area (Å²) in [5.74, 6) is 1.43. The minimum Gasteiger partial charge on any atom is -0.354 e. The topological polar surface area (TPSA) is 41.1 Å². The van der Waals surface area contributed by atoms with Crippen LogP contribution in [0.4, 0.5) is 16.2 Å². The third-order valence-corrected chi connectivity index (χ3v) is 3.98. The summed E-state index contributed by atoms with van der Waals surface area (Å²) in [6.45, 7) is 6.90. The van der Waals surface area contributed by atoms with Crippen LogP contribution in [0.5, 0.6) is 0 Å². The van der Waals surface area contributed by atoms with Crippen LogP contribution in [-0.2, 0) is 0 Å². The molecule has 20 heavy (non-hydrogen) atoms. The number of nitrogens with one attached hydrogen (secondary N) is 1. The summed E-state index contributed by atoms with van der Waals surface area (Å²) >= 11 is 0. The maximum absolute atomic E-state index is 14.0. The van der Waals surface area contributed by atoms with Gasteiger partial charge in [-0.3, -0.25) is 0 Å². The van der Waals surface area contributed by atoms with E-state index in [-0.39, 0.29) is 5.82 Å². The summed E-state index contributed by atoms with van der Waals surface area (Å²) in [5, 5.41) is 3.12. The summed E-state index contributed by atoms with van der Waals surface area (Å²) in [5.41, 5.74) is 0. The third kappa shape index (κ3) is 3.81. The van der Waals surface area contributed by atoms with Gasteiger partial charge < -0.3 is 10.2 Å². The van der Waals surface area contributed by atoms with Crippen LogP contribution in [0.25, 0.3) is 0 Å². The van der Waals surface area contributed by atoms with Gasteiger partial charge in [-0.05, 0) is 31.6 Å². The highest BCUT2D eigenvalue weighted by atomic mass is 19.1. The Bertz CT molecular complexity index is 424. The van der Waals surface area contributed by atoms with Crippen molar-refractivity contribution in [2.75, 3.05) is 29.9 Å². The van der Waals surface area contributed by atoms with Crippen molar-refractivity contribution >= 4 is 11.8 Å². The van der Waals surface area contributed by atoms with Crippen molar-refractivity contribution in [3.8, 4) is 0 Å². The SMILES string of the molecule is CCCNc1ncc(F)c(N2CCCC(CC)CC2)n1. The molecule has 1 aromatic rings. The van der Waals surface area contributed by atoms with Crippen LogP contribution in [-0.4, -0.2) is 29.6 Å². The van der Waals surface area contributed by atoms with Crippen molar-refractivity contribution in [1.82, 2.24) is 9.97 Å². The van der Waals surface area contributed by atoms with E-state index in [1.54, 1.807) is 0 Å². The van der Waals surface area contributed by atoms with Crippen LogP contribution in [0.2, 0.25) is 0 Å². The first-order valence-corrected chi connectivity index (χ1v) is 7.76. The molecule has 1 aliphatic rings. The quantitative estimate of drug-likeness (QED) is 0.897. The van der Waals surface area contributed by atoms with E-state index in [4.69, 9.17) is 0 Å². The lowest BCUT2D eigenvalue weighted by molar-refractivity contribution is 0.459. The molecule has 1 fully saturated rings. The van der Waals surface area contributed by atoms with Crippen LogP contribution in [0, 0.1) is 11.7 Å². The van der Waals surface area contributed by atoms with Gasteiger partial charge in [-0.2, -0.15) is 4.98 Å². The molecule has 2 rings (SSSR count). The monoisotopic (exact) mass is 280 g/mol. The number of halogens is 1. The van der Waals surface area contributed by atoms with Gasteiger partial charge in [0.25, 0.3) is 0 Å². The van der Waals surface area contributed by atoms with Crippen LogP contribution in [0.1, 0.15) is 46.0 Å². The normalized spacial score (nSPS) is 19.8. The average Bonchev–Trinajstić information content (AvgIpc) is 2.71. The van der Waals surface area contributed by atoms with Crippen molar-refractivity contribution in [2.45, 2.75) is 46.0 Å². The van der Waals surface area contributed by atoms with Gasteiger partial charge in [-0.1, -0.05) is 20.3 Å². The Morgan fingerprint density at radius 2 is 2.20 bits per heavy atom. The first-order valence-electron chi connectivity index (χ1n) is 7.76. The maximum Gasteiger partial charge on any atom is 0.224 e. The molecule has 4 nitrogen and oxygen atoms in total. The molecular weight excluding hydrogens is 255 g/mol. The number of rotatable bonds is 5. The fraction of sp³-hybridized carbons (Fsp3) is 0.733. The molecule has 0 bridgehead atoms. The fourth-order valence-corrected chi connectivity index (χ4v) is 2.69. The molecule has 1 saturated heterocycles. The minimum atomic E-state index is -0.318. The molecule has 0 aromatic carbocycles. The van der Waals surface area contributed by atoms with E-state index in [9.17, 15) is 4.39 Å². The van der Waals surface area contributed by atoms with Gasteiger partial charge >= 0.3 is 0 Å².